The van der Waals surface area contributed by atoms with Crippen LogP contribution in [0.4, 0.5) is 0 Å². The maximum Gasteiger partial charge on any atom is 0.122 e. The molecule has 2 heteroatoms. The quantitative estimate of drug-likeness (QED) is 0.500. The lowest BCUT2D eigenvalue weighted by Crippen LogP contribution is -2.17. The van der Waals surface area contributed by atoms with Crippen molar-refractivity contribution in [3.8, 4) is 5.75 Å². The van der Waals surface area contributed by atoms with E-state index in [1.165, 1.54) is 11.1 Å². The fourth-order valence-electron chi connectivity index (χ4n) is 3.75. The van der Waals surface area contributed by atoms with Crippen LogP contribution in [0.3, 0.4) is 0 Å². The Morgan fingerprint density at radius 2 is 1.22 bits per heavy atom. The van der Waals surface area contributed by atoms with E-state index in [1.54, 1.807) is 0 Å². The van der Waals surface area contributed by atoms with Gasteiger partial charge in [-0.2, -0.15) is 0 Å². The molecule has 1 nitrogen and oxygen atoms in total. The Morgan fingerprint density at radius 1 is 0.778 bits per heavy atom. The van der Waals surface area contributed by atoms with Gasteiger partial charge in [0.05, 0.1) is 0 Å². The fourth-order valence-corrected chi connectivity index (χ4v) is 4.19. The van der Waals surface area contributed by atoms with Gasteiger partial charge >= 0.3 is 0 Å². The minimum atomic E-state index is -0.165. The summed E-state index contributed by atoms with van der Waals surface area (Å²) in [6.45, 7) is 8.47. The molecule has 0 atom stereocenters. The van der Waals surface area contributed by atoms with Gasteiger partial charge in [-0.05, 0) is 53.0 Å². The van der Waals surface area contributed by atoms with Gasteiger partial charge in [0.15, 0.2) is 0 Å². The van der Waals surface area contributed by atoms with Crippen LogP contribution >= 0.6 is 12.6 Å². The Balaban J connectivity index is 2.19. The lowest BCUT2D eigenvalue weighted by atomic mass is 9.78. The summed E-state index contributed by atoms with van der Waals surface area (Å²) in [5.41, 5.74) is 6.47. The molecule has 140 valence electrons. The first-order valence-electron chi connectivity index (χ1n) is 9.43. The molecule has 0 spiro atoms. The molecule has 0 aromatic heterocycles. The van der Waals surface area contributed by atoms with Gasteiger partial charge in [-0.25, -0.2) is 0 Å². The molecule has 3 aromatic rings. The first kappa shape index (κ1) is 19.6. The van der Waals surface area contributed by atoms with E-state index in [4.69, 9.17) is 12.6 Å². The van der Waals surface area contributed by atoms with Gasteiger partial charge < -0.3 is 5.11 Å². The predicted molar refractivity (Wildman–Crippen MR) is 117 cm³/mol. The molecule has 0 aliphatic carbocycles. The Labute approximate surface area is 168 Å². The molecule has 1 N–H and O–H groups in total. The van der Waals surface area contributed by atoms with Crippen molar-refractivity contribution in [2.45, 2.75) is 50.8 Å². The molecule has 0 saturated heterocycles. The smallest absolute Gasteiger partial charge is 0.122 e. The number of benzene rings is 3. The van der Waals surface area contributed by atoms with E-state index in [9.17, 15) is 5.11 Å². The highest BCUT2D eigenvalue weighted by atomic mass is 32.1. The second-order valence-electron chi connectivity index (χ2n) is 8.23. The number of hydrogen-bond acceptors (Lipinski definition) is 2. The second kappa shape index (κ2) is 7.82. The van der Waals surface area contributed by atoms with E-state index in [1.807, 2.05) is 19.1 Å². The molecular weight excluding hydrogens is 348 g/mol. The minimum absolute atomic E-state index is 0.165. The lowest BCUT2D eigenvalue weighted by molar-refractivity contribution is 0.438. The normalized spacial score (nSPS) is 11.6. The number of rotatable bonds is 4. The van der Waals surface area contributed by atoms with Crippen LogP contribution < -0.4 is 0 Å². The second-order valence-corrected chi connectivity index (χ2v) is 8.68. The molecule has 0 bridgehead atoms. The third-order valence-electron chi connectivity index (χ3n) is 5.12. The average Bonchev–Trinajstić information content (AvgIpc) is 2.64. The zero-order chi connectivity index (χ0) is 19.6. The molecule has 0 saturated carbocycles. The topological polar surface area (TPSA) is 20.2 Å². The molecule has 0 heterocycles. The van der Waals surface area contributed by atoms with Gasteiger partial charge in [0.2, 0.25) is 0 Å². The SMILES string of the molecule is Cc1c(O)c(C(C)(C)C)c(Cc2ccccc2)c(S)c1Cc1ccccc1. The number of phenolic OH excluding ortho intramolecular Hbond substituents is 1. The van der Waals surface area contributed by atoms with Gasteiger partial charge in [0.1, 0.15) is 5.75 Å². The van der Waals surface area contributed by atoms with Crippen molar-refractivity contribution < 1.29 is 5.11 Å². The lowest BCUT2D eigenvalue weighted by Gasteiger charge is -2.29. The monoisotopic (exact) mass is 376 g/mol. The number of aromatic hydroxyl groups is 1. The highest BCUT2D eigenvalue weighted by Gasteiger charge is 2.27. The van der Waals surface area contributed by atoms with Crippen molar-refractivity contribution in [3.05, 3.63) is 94.0 Å². The van der Waals surface area contributed by atoms with Gasteiger partial charge in [-0.15, -0.1) is 12.6 Å². The molecule has 0 unspecified atom stereocenters. The zero-order valence-electron chi connectivity index (χ0n) is 16.6. The first-order valence-corrected chi connectivity index (χ1v) is 9.88. The van der Waals surface area contributed by atoms with Crippen LogP contribution in [0.5, 0.6) is 5.75 Å². The van der Waals surface area contributed by atoms with Crippen molar-refractivity contribution in [1.82, 2.24) is 0 Å². The van der Waals surface area contributed by atoms with Crippen LogP contribution in [0.25, 0.3) is 0 Å². The van der Waals surface area contributed by atoms with Gasteiger partial charge in [-0.3, -0.25) is 0 Å². The Hall–Kier alpha value is -2.19. The Kier molecular flexibility index (Phi) is 5.67. The Bertz CT molecular complexity index is 922. The molecule has 0 aliphatic heterocycles. The highest BCUT2D eigenvalue weighted by molar-refractivity contribution is 7.80. The Morgan fingerprint density at radius 3 is 1.67 bits per heavy atom. The maximum atomic E-state index is 11.1. The van der Waals surface area contributed by atoms with Crippen LogP contribution in [-0.4, -0.2) is 5.11 Å². The maximum absolute atomic E-state index is 11.1. The molecule has 3 rings (SSSR count). The molecule has 0 radical (unpaired) electrons. The van der Waals surface area contributed by atoms with Crippen LogP contribution in [-0.2, 0) is 18.3 Å². The van der Waals surface area contributed by atoms with Gasteiger partial charge in [0, 0.05) is 10.5 Å². The van der Waals surface area contributed by atoms with Crippen molar-refractivity contribution in [2.24, 2.45) is 0 Å². The first-order chi connectivity index (χ1) is 12.8. The average molecular weight is 377 g/mol. The van der Waals surface area contributed by atoms with Crippen molar-refractivity contribution in [3.63, 3.8) is 0 Å². The standard InChI is InChI=1S/C25H28OS/c1-17-20(15-18-11-7-5-8-12-18)24(27)21(16-19-13-9-6-10-14-19)22(23(17)26)25(2,3)4/h5-14,26-27H,15-16H2,1-4H3. The molecule has 0 amide bonds. The summed E-state index contributed by atoms with van der Waals surface area (Å²) in [5, 5.41) is 11.1. The predicted octanol–water partition coefficient (Wildman–Crippen LogP) is 6.47. The summed E-state index contributed by atoms with van der Waals surface area (Å²) < 4.78 is 0. The van der Waals surface area contributed by atoms with Gasteiger partial charge in [-0.1, -0.05) is 81.4 Å². The van der Waals surface area contributed by atoms with E-state index in [-0.39, 0.29) is 5.41 Å². The van der Waals surface area contributed by atoms with Crippen molar-refractivity contribution >= 4 is 12.6 Å². The molecule has 3 aromatic carbocycles. The highest BCUT2D eigenvalue weighted by Crippen LogP contribution is 2.43. The van der Waals surface area contributed by atoms with E-state index in [0.717, 1.165) is 40.0 Å². The van der Waals surface area contributed by atoms with E-state index >= 15 is 0 Å². The third kappa shape index (κ3) is 4.22. The van der Waals surface area contributed by atoms with Crippen LogP contribution in [0.1, 0.15) is 54.2 Å². The van der Waals surface area contributed by atoms with Crippen LogP contribution in [0.15, 0.2) is 65.6 Å². The summed E-state index contributed by atoms with van der Waals surface area (Å²) >= 11 is 4.98. The summed E-state index contributed by atoms with van der Waals surface area (Å²) in [6.07, 6.45) is 1.53. The molecule has 0 fully saturated rings. The summed E-state index contributed by atoms with van der Waals surface area (Å²) in [7, 11) is 0. The summed E-state index contributed by atoms with van der Waals surface area (Å²) in [4.78, 5) is 1.00. The van der Waals surface area contributed by atoms with Crippen LogP contribution in [0.2, 0.25) is 0 Å². The minimum Gasteiger partial charge on any atom is -0.507 e. The number of hydrogen-bond donors (Lipinski definition) is 2. The zero-order valence-corrected chi connectivity index (χ0v) is 17.5. The number of phenols is 1. The summed E-state index contributed by atoms with van der Waals surface area (Å²) in [5.74, 6) is 0.414. The molecular formula is C25H28OS. The van der Waals surface area contributed by atoms with Crippen LogP contribution in [0, 0.1) is 6.92 Å². The van der Waals surface area contributed by atoms with Gasteiger partial charge in [0.25, 0.3) is 0 Å². The largest absolute Gasteiger partial charge is 0.507 e. The summed E-state index contributed by atoms with van der Waals surface area (Å²) in [6, 6.07) is 20.8. The van der Waals surface area contributed by atoms with E-state index in [2.05, 4.69) is 69.3 Å². The third-order valence-corrected chi connectivity index (χ3v) is 5.66. The van der Waals surface area contributed by atoms with Crippen molar-refractivity contribution in [2.75, 3.05) is 0 Å². The van der Waals surface area contributed by atoms with E-state index in [0.29, 0.717) is 5.75 Å². The molecule has 0 aliphatic rings. The van der Waals surface area contributed by atoms with E-state index < -0.39 is 0 Å². The van der Waals surface area contributed by atoms with Crippen molar-refractivity contribution in [1.29, 1.82) is 0 Å². The fraction of sp³-hybridized carbons (Fsp3) is 0.280. The molecule has 27 heavy (non-hydrogen) atoms. The number of thiol groups is 1.